The van der Waals surface area contributed by atoms with Crippen LogP contribution in [-0.4, -0.2) is 9.78 Å². The number of rotatable bonds is 3. The van der Waals surface area contributed by atoms with Crippen LogP contribution >= 0.6 is 11.3 Å². The minimum absolute atomic E-state index is 1.04. The molecule has 0 atom stereocenters. The Hall–Kier alpha value is -2.91. The summed E-state index contributed by atoms with van der Waals surface area (Å²) in [6, 6.07) is 23.3. The molecule has 0 bridgehead atoms. The van der Waals surface area contributed by atoms with Crippen LogP contribution in [0.1, 0.15) is 16.7 Å². The molecule has 0 aliphatic heterocycles. The van der Waals surface area contributed by atoms with Gasteiger partial charge in [0.05, 0.1) is 10.6 Å². The van der Waals surface area contributed by atoms with Gasteiger partial charge in [-0.2, -0.15) is 5.10 Å². The first-order valence-corrected chi connectivity index (χ1v) is 9.70. The van der Waals surface area contributed by atoms with Gasteiger partial charge >= 0.3 is 0 Å². The fourth-order valence-corrected chi connectivity index (χ4v) is 4.32. The van der Waals surface area contributed by atoms with Crippen molar-refractivity contribution in [1.82, 2.24) is 9.78 Å². The van der Waals surface area contributed by atoms with E-state index in [-0.39, 0.29) is 0 Å². The standard InChI is InChI=1S/C23H18N2S/c1-2-9-21(10-3-1)25-16-20(23(24-25)22-11-6-12-26-22)15-17-13-18-7-4-5-8-19(18)14-17/h1-12,15-16H,13-14H2. The van der Waals surface area contributed by atoms with Gasteiger partial charge in [0.1, 0.15) is 5.69 Å². The second kappa shape index (κ2) is 6.43. The van der Waals surface area contributed by atoms with Gasteiger partial charge in [-0.15, -0.1) is 11.3 Å². The van der Waals surface area contributed by atoms with Crippen molar-refractivity contribution in [3.63, 3.8) is 0 Å². The molecule has 4 aromatic rings. The Balaban J connectivity index is 1.58. The number of aromatic nitrogens is 2. The molecule has 0 amide bonds. The molecule has 5 rings (SSSR count). The van der Waals surface area contributed by atoms with E-state index in [4.69, 9.17) is 5.10 Å². The molecular weight excluding hydrogens is 336 g/mol. The molecular formula is C23H18N2S. The molecule has 0 radical (unpaired) electrons. The zero-order valence-electron chi connectivity index (χ0n) is 14.3. The van der Waals surface area contributed by atoms with Crippen molar-refractivity contribution in [3.8, 4) is 16.3 Å². The highest BCUT2D eigenvalue weighted by molar-refractivity contribution is 7.13. The zero-order valence-corrected chi connectivity index (χ0v) is 15.1. The van der Waals surface area contributed by atoms with Gasteiger partial charge in [-0.3, -0.25) is 0 Å². The monoisotopic (exact) mass is 354 g/mol. The first-order valence-electron chi connectivity index (χ1n) is 8.82. The normalized spacial score (nSPS) is 13.0. The summed E-state index contributed by atoms with van der Waals surface area (Å²) in [5.41, 5.74) is 7.70. The summed E-state index contributed by atoms with van der Waals surface area (Å²) in [6.07, 6.45) is 6.56. The first kappa shape index (κ1) is 15.4. The van der Waals surface area contributed by atoms with Crippen LogP contribution in [0.4, 0.5) is 0 Å². The van der Waals surface area contributed by atoms with Gasteiger partial charge in [0.25, 0.3) is 0 Å². The molecule has 2 aromatic carbocycles. The summed E-state index contributed by atoms with van der Waals surface area (Å²) in [6.45, 7) is 0. The lowest BCUT2D eigenvalue weighted by Crippen LogP contribution is -1.93. The van der Waals surface area contributed by atoms with Crippen molar-refractivity contribution < 1.29 is 0 Å². The van der Waals surface area contributed by atoms with Crippen LogP contribution < -0.4 is 0 Å². The maximum absolute atomic E-state index is 4.90. The highest BCUT2D eigenvalue weighted by atomic mass is 32.1. The quantitative estimate of drug-likeness (QED) is 0.456. The third-order valence-corrected chi connectivity index (χ3v) is 5.71. The third-order valence-electron chi connectivity index (χ3n) is 4.83. The highest BCUT2D eigenvalue weighted by Gasteiger charge is 2.17. The molecule has 0 N–H and O–H groups in total. The number of fused-ring (bicyclic) bond motifs is 1. The summed E-state index contributed by atoms with van der Waals surface area (Å²) >= 11 is 1.74. The number of para-hydroxylation sites is 1. The van der Waals surface area contributed by atoms with E-state index < -0.39 is 0 Å². The molecule has 3 heteroatoms. The van der Waals surface area contributed by atoms with Crippen molar-refractivity contribution in [3.05, 3.63) is 101 Å². The van der Waals surface area contributed by atoms with Crippen molar-refractivity contribution in [2.45, 2.75) is 12.8 Å². The smallest absolute Gasteiger partial charge is 0.110 e. The average molecular weight is 354 g/mol. The lowest BCUT2D eigenvalue weighted by Gasteiger charge is -1.99. The second-order valence-corrected chi connectivity index (χ2v) is 7.56. The molecule has 26 heavy (non-hydrogen) atoms. The Labute approximate surface area is 157 Å². The summed E-state index contributed by atoms with van der Waals surface area (Å²) in [5, 5.41) is 7.01. The molecule has 0 saturated heterocycles. The van der Waals surface area contributed by atoms with E-state index in [9.17, 15) is 0 Å². The SMILES string of the molecule is C(=C1Cc2ccccc2C1)c1cn(-c2ccccc2)nc1-c1cccs1. The van der Waals surface area contributed by atoms with Crippen molar-refractivity contribution >= 4 is 17.4 Å². The highest BCUT2D eigenvalue weighted by Crippen LogP contribution is 2.32. The maximum Gasteiger partial charge on any atom is 0.110 e. The molecule has 2 nitrogen and oxygen atoms in total. The summed E-state index contributed by atoms with van der Waals surface area (Å²) < 4.78 is 1.99. The van der Waals surface area contributed by atoms with Gasteiger partial charge in [-0.25, -0.2) is 4.68 Å². The minimum Gasteiger partial charge on any atom is -0.240 e. The van der Waals surface area contributed by atoms with Crippen LogP contribution in [0.3, 0.4) is 0 Å². The molecule has 1 aliphatic carbocycles. The fraction of sp³-hybridized carbons (Fsp3) is 0.0870. The first-order chi connectivity index (χ1) is 12.9. The van der Waals surface area contributed by atoms with Gasteiger partial charge in [-0.1, -0.05) is 60.2 Å². The van der Waals surface area contributed by atoms with Crippen LogP contribution in [0.5, 0.6) is 0 Å². The Kier molecular flexibility index (Phi) is 3.80. The number of nitrogens with zero attached hydrogens (tertiary/aromatic N) is 2. The van der Waals surface area contributed by atoms with Crippen LogP contribution in [0.25, 0.3) is 22.3 Å². The molecule has 0 saturated carbocycles. The lowest BCUT2D eigenvalue weighted by atomic mass is 10.1. The van der Waals surface area contributed by atoms with Crippen LogP contribution in [0, 0.1) is 0 Å². The Morgan fingerprint density at radius 1 is 0.846 bits per heavy atom. The summed E-state index contributed by atoms with van der Waals surface area (Å²) in [4.78, 5) is 1.21. The second-order valence-electron chi connectivity index (χ2n) is 6.62. The van der Waals surface area contributed by atoms with Crippen LogP contribution in [0.15, 0.2) is 83.9 Å². The van der Waals surface area contributed by atoms with Gasteiger partial charge < -0.3 is 0 Å². The van der Waals surface area contributed by atoms with Crippen LogP contribution in [0.2, 0.25) is 0 Å². The van der Waals surface area contributed by atoms with E-state index in [0.29, 0.717) is 0 Å². The predicted octanol–water partition coefficient (Wildman–Crippen LogP) is 5.78. The van der Waals surface area contributed by atoms with Crippen molar-refractivity contribution in [2.75, 3.05) is 0 Å². The molecule has 0 fully saturated rings. The van der Waals surface area contributed by atoms with E-state index in [1.165, 1.54) is 27.1 Å². The number of thiophene rings is 1. The molecule has 126 valence electrons. The van der Waals surface area contributed by atoms with Gasteiger partial charge in [0, 0.05) is 11.8 Å². The zero-order chi connectivity index (χ0) is 17.3. The molecule has 0 spiro atoms. The third kappa shape index (κ3) is 2.80. The average Bonchev–Trinajstić information content (AvgIpc) is 3.41. The largest absolute Gasteiger partial charge is 0.240 e. The molecule has 2 aromatic heterocycles. The predicted molar refractivity (Wildman–Crippen MR) is 109 cm³/mol. The number of hydrogen-bond acceptors (Lipinski definition) is 2. The lowest BCUT2D eigenvalue weighted by molar-refractivity contribution is 0.885. The number of allylic oxidation sites excluding steroid dienone is 1. The van der Waals surface area contributed by atoms with Crippen molar-refractivity contribution in [2.24, 2.45) is 0 Å². The molecule has 2 heterocycles. The summed E-state index contributed by atoms with van der Waals surface area (Å²) in [7, 11) is 0. The van der Waals surface area contributed by atoms with E-state index in [0.717, 1.165) is 24.2 Å². The van der Waals surface area contributed by atoms with E-state index in [1.54, 1.807) is 11.3 Å². The van der Waals surface area contributed by atoms with Gasteiger partial charge in [-0.05, 0) is 47.5 Å². The number of benzene rings is 2. The van der Waals surface area contributed by atoms with Gasteiger partial charge in [0.2, 0.25) is 0 Å². The van der Waals surface area contributed by atoms with Crippen molar-refractivity contribution in [1.29, 1.82) is 0 Å². The topological polar surface area (TPSA) is 17.8 Å². The summed E-state index contributed by atoms with van der Waals surface area (Å²) in [5.74, 6) is 0. The van der Waals surface area contributed by atoms with E-state index in [1.807, 2.05) is 22.9 Å². The van der Waals surface area contributed by atoms with E-state index >= 15 is 0 Å². The van der Waals surface area contributed by atoms with Crippen LogP contribution in [-0.2, 0) is 12.8 Å². The Morgan fingerprint density at radius 3 is 2.27 bits per heavy atom. The van der Waals surface area contributed by atoms with Gasteiger partial charge in [0.15, 0.2) is 0 Å². The fourth-order valence-electron chi connectivity index (χ4n) is 3.59. The minimum atomic E-state index is 1.04. The number of hydrogen-bond donors (Lipinski definition) is 0. The Morgan fingerprint density at radius 2 is 1.58 bits per heavy atom. The Bertz CT molecular complexity index is 1050. The molecule has 0 unspecified atom stereocenters. The molecule has 1 aliphatic rings. The van der Waals surface area contributed by atoms with E-state index in [2.05, 4.69) is 66.2 Å². The maximum atomic E-state index is 4.90.